The molecule has 5 rings (SSSR count). The molecule has 2 amide bonds. The van der Waals surface area contributed by atoms with Crippen molar-refractivity contribution in [2.75, 3.05) is 5.73 Å². The predicted octanol–water partition coefficient (Wildman–Crippen LogP) is 2.15. The second-order valence-electron chi connectivity index (χ2n) is 7.14. The number of carbonyl (C=O) groups is 2. The van der Waals surface area contributed by atoms with Crippen molar-refractivity contribution >= 4 is 39.8 Å². The van der Waals surface area contributed by atoms with Crippen molar-refractivity contribution in [1.29, 1.82) is 0 Å². The van der Waals surface area contributed by atoms with Crippen molar-refractivity contribution in [2.24, 2.45) is 5.73 Å². The molecular weight excluding hydrogens is 368 g/mol. The summed E-state index contributed by atoms with van der Waals surface area (Å²) in [5.41, 5.74) is 15.2. The molecular formula is C21H18N6O2. The number of nitrogen functional groups attached to an aromatic ring is 1. The van der Waals surface area contributed by atoms with E-state index in [0.717, 1.165) is 12.8 Å². The summed E-state index contributed by atoms with van der Waals surface area (Å²) < 4.78 is 1.61. The second kappa shape index (κ2) is 6.30. The fraction of sp³-hybridized carbons (Fsp3) is 0.143. The van der Waals surface area contributed by atoms with Crippen LogP contribution in [0.4, 0.5) is 5.82 Å². The number of nitrogens with zero attached hydrogens (tertiary/aromatic N) is 3. The molecule has 1 fully saturated rings. The van der Waals surface area contributed by atoms with Gasteiger partial charge in [0.2, 0.25) is 0 Å². The molecule has 1 aliphatic rings. The van der Waals surface area contributed by atoms with E-state index in [1.807, 2.05) is 24.3 Å². The van der Waals surface area contributed by atoms with Crippen LogP contribution in [0.15, 0.2) is 48.5 Å². The van der Waals surface area contributed by atoms with Gasteiger partial charge in [-0.1, -0.05) is 18.2 Å². The van der Waals surface area contributed by atoms with Gasteiger partial charge in [0.25, 0.3) is 11.8 Å². The number of hydrogen-bond acceptors (Lipinski definition) is 5. The van der Waals surface area contributed by atoms with E-state index in [-0.39, 0.29) is 23.3 Å². The van der Waals surface area contributed by atoms with Crippen molar-refractivity contribution in [3.05, 3.63) is 59.7 Å². The number of rotatable bonds is 4. The first-order valence-electron chi connectivity index (χ1n) is 9.30. The monoisotopic (exact) mass is 386 g/mol. The fourth-order valence-electron chi connectivity index (χ4n) is 3.45. The Balaban J connectivity index is 1.74. The van der Waals surface area contributed by atoms with Crippen molar-refractivity contribution in [3.8, 4) is 5.69 Å². The van der Waals surface area contributed by atoms with E-state index in [1.165, 1.54) is 0 Å². The Hall–Kier alpha value is -3.94. The number of nitrogens with one attached hydrogen (secondary N) is 1. The molecule has 1 aliphatic carbocycles. The van der Waals surface area contributed by atoms with Gasteiger partial charge in [-0.2, -0.15) is 0 Å². The van der Waals surface area contributed by atoms with E-state index in [9.17, 15) is 9.59 Å². The maximum Gasteiger partial charge on any atom is 0.254 e. The number of amides is 2. The first kappa shape index (κ1) is 17.2. The fourth-order valence-corrected chi connectivity index (χ4v) is 3.45. The number of nitrogens with two attached hydrogens (primary N) is 2. The molecule has 0 aliphatic heterocycles. The minimum absolute atomic E-state index is 0.117. The molecule has 2 heterocycles. The highest BCUT2D eigenvalue weighted by molar-refractivity contribution is 6.10. The lowest BCUT2D eigenvalue weighted by molar-refractivity contribution is 0.0949. The molecule has 0 unspecified atom stereocenters. The molecule has 4 aromatic rings. The van der Waals surface area contributed by atoms with Crippen LogP contribution in [0.25, 0.3) is 27.9 Å². The minimum Gasteiger partial charge on any atom is -0.384 e. The molecule has 0 bridgehead atoms. The molecule has 8 nitrogen and oxygen atoms in total. The average Bonchev–Trinajstić information content (AvgIpc) is 3.47. The first-order valence-corrected chi connectivity index (χ1v) is 9.30. The molecule has 144 valence electrons. The number of aromatic nitrogens is 3. The number of hydrogen-bond donors (Lipinski definition) is 3. The molecule has 0 atom stereocenters. The third-order valence-electron chi connectivity index (χ3n) is 5.02. The maximum absolute atomic E-state index is 12.5. The molecule has 2 aromatic carbocycles. The Morgan fingerprint density at radius 3 is 2.45 bits per heavy atom. The van der Waals surface area contributed by atoms with Crippen LogP contribution in [0.3, 0.4) is 0 Å². The van der Waals surface area contributed by atoms with E-state index in [1.54, 1.807) is 28.8 Å². The zero-order valence-corrected chi connectivity index (χ0v) is 15.4. The van der Waals surface area contributed by atoms with E-state index < -0.39 is 5.91 Å². The summed E-state index contributed by atoms with van der Waals surface area (Å²) in [6, 6.07) is 14.6. The molecule has 8 heteroatoms. The van der Waals surface area contributed by atoms with Gasteiger partial charge >= 0.3 is 0 Å². The predicted molar refractivity (Wildman–Crippen MR) is 110 cm³/mol. The normalized spacial score (nSPS) is 13.7. The molecule has 2 aromatic heterocycles. The molecule has 29 heavy (non-hydrogen) atoms. The van der Waals surface area contributed by atoms with E-state index in [4.69, 9.17) is 11.5 Å². The highest BCUT2D eigenvalue weighted by atomic mass is 16.2. The molecule has 0 saturated heterocycles. The third-order valence-corrected chi connectivity index (χ3v) is 5.02. The highest BCUT2D eigenvalue weighted by Crippen LogP contribution is 2.31. The average molecular weight is 386 g/mol. The number of primary amides is 1. The van der Waals surface area contributed by atoms with Crippen molar-refractivity contribution in [3.63, 3.8) is 0 Å². The van der Waals surface area contributed by atoms with Gasteiger partial charge < -0.3 is 16.8 Å². The molecule has 0 radical (unpaired) electrons. The topological polar surface area (TPSA) is 129 Å². The smallest absolute Gasteiger partial charge is 0.254 e. The van der Waals surface area contributed by atoms with E-state index in [0.29, 0.717) is 33.4 Å². The summed E-state index contributed by atoms with van der Waals surface area (Å²) in [5, 5.41) is 2.97. The van der Waals surface area contributed by atoms with Crippen LogP contribution in [0.2, 0.25) is 0 Å². The Labute approximate surface area is 165 Å². The Bertz CT molecular complexity index is 1310. The van der Waals surface area contributed by atoms with Gasteiger partial charge in [-0.25, -0.2) is 9.97 Å². The first-order chi connectivity index (χ1) is 14.0. The molecule has 0 spiro atoms. The lowest BCUT2D eigenvalue weighted by Gasteiger charge is -2.10. The summed E-state index contributed by atoms with van der Waals surface area (Å²) in [7, 11) is 0. The van der Waals surface area contributed by atoms with Crippen molar-refractivity contribution in [2.45, 2.75) is 18.9 Å². The van der Waals surface area contributed by atoms with Gasteiger partial charge in [0, 0.05) is 17.3 Å². The van der Waals surface area contributed by atoms with Gasteiger partial charge in [-0.05, 0) is 43.2 Å². The van der Waals surface area contributed by atoms with Gasteiger partial charge in [-0.15, -0.1) is 0 Å². The summed E-state index contributed by atoms with van der Waals surface area (Å²) in [4.78, 5) is 33.8. The standard InChI is InChI=1S/C21H18N6O2/c22-18-16(19(23)28)17-20(26-15-7-2-1-6-14(15)25-17)27(18)13-5-3-4-11(10-13)21(29)24-12-8-9-12/h1-7,10,12H,8-9,22H2,(H2,23,28)(H,24,29). The largest absolute Gasteiger partial charge is 0.384 e. The molecule has 5 N–H and O–H groups in total. The minimum atomic E-state index is -0.682. The van der Waals surface area contributed by atoms with Crippen molar-refractivity contribution in [1.82, 2.24) is 19.9 Å². The Kier molecular flexibility index (Phi) is 3.73. The van der Waals surface area contributed by atoms with Crippen LogP contribution in [-0.4, -0.2) is 32.4 Å². The number of para-hydroxylation sites is 2. The lowest BCUT2D eigenvalue weighted by atomic mass is 10.2. The Morgan fingerprint density at radius 1 is 1.03 bits per heavy atom. The highest BCUT2D eigenvalue weighted by Gasteiger charge is 2.25. The molecule has 1 saturated carbocycles. The van der Waals surface area contributed by atoms with Gasteiger partial charge in [-0.3, -0.25) is 14.2 Å². The number of anilines is 1. The zero-order valence-electron chi connectivity index (χ0n) is 15.4. The summed E-state index contributed by atoms with van der Waals surface area (Å²) in [5.74, 6) is -0.683. The number of benzene rings is 2. The van der Waals surface area contributed by atoms with Crippen LogP contribution in [0.1, 0.15) is 33.6 Å². The van der Waals surface area contributed by atoms with E-state index in [2.05, 4.69) is 15.3 Å². The summed E-state index contributed by atoms with van der Waals surface area (Å²) >= 11 is 0. The third kappa shape index (κ3) is 2.85. The van der Waals surface area contributed by atoms with Crippen LogP contribution in [0.5, 0.6) is 0 Å². The van der Waals surface area contributed by atoms with Gasteiger partial charge in [0.05, 0.1) is 11.0 Å². The Morgan fingerprint density at radius 2 is 1.76 bits per heavy atom. The van der Waals surface area contributed by atoms with Crippen LogP contribution >= 0.6 is 0 Å². The van der Waals surface area contributed by atoms with E-state index >= 15 is 0 Å². The summed E-state index contributed by atoms with van der Waals surface area (Å²) in [6.45, 7) is 0. The second-order valence-corrected chi connectivity index (χ2v) is 7.14. The zero-order chi connectivity index (χ0) is 20.1. The van der Waals surface area contributed by atoms with Crippen LogP contribution in [0, 0.1) is 0 Å². The van der Waals surface area contributed by atoms with Gasteiger partial charge in [0.1, 0.15) is 16.9 Å². The number of fused-ring (bicyclic) bond motifs is 2. The summed E-state index contributed by atoms with van der Waals surface area (Å²) in [6.07, 6.45) is 2.01. The maximum atomic E-state index is 12.5. The van der Waals surface area contributed by atoms with Crippen LogP contribution in [-0.2, 0) is 0 Å². The quantitative estimate of drug-likeness (QED) is 0.495. The lowest BCUT2D eigenvalue weighted by Crippen LogP contribution is -2.25. The number of carbonyl (C=O) groups excluding carboxylic acids is 2. The van der Waals surface area contributed by atoms with Crippen molar-refractivity contribution < 1.29 is 9.59 Å². The van der Waals surface area contributed by atoms with Crippen LogP contribution < -0.4 is 16.8 Å². The van der Waals surface area contributed by atoms with Gasteiger partial charge in [0.15, 0.2) is 5.65 Å². The SMILES string of the molecule is NC(=O)c1c(N)n(-c2cccc(C(=O)NC3CC3)c2)c2nc3ccccc3nc12.